The second-order valence-electron chi connectivity index (χ2n) is 3.85. The molecule has 2 heterocycles. The van der Waals surface area contributed by atoms with E-state index in [0.717, 1.165) is 12.3 Å². The third-order valence-corrected chi connectivity index (χ3v) is 2.60. The SMILES string of the molecule is O=C(O)c1coc(C(=O)N2CC(O)C(O)C2)c1. The summed E-state index contributed by atoms with van der Waals surface area (Å²) in [7, 11) is 0. The van der Waals surface area contributed by atoms with Gasteiger partial charge in [-0.05, 0) is 0 Å². The first-order valence-electron chi connectivity index (χ1n) is 4.96. The van der Waals surface area contributed by atoms with Crippen LogP contribution in [0.5, 0.6) is 0 Å². The number of β-amino-alcohol motifs (C(OH)–C–C–N with tert-alkyl or cyclic N) is 2. The largest absolute Gasteiger partial charge is 0.478 e. The van der Waals surface area contributed by atoms with Crippen LogP contribution in [0, 0.1) is 0 Å². The number of aromatic carboxylic acids is 1. The van der Waals surface area contributed by atoms with Gasteiger partial charge in [0.1, 0.15) is 6.26 Å². The predicted octanol–water partition coefficient (Wildman–Crippen LogP) is -0.845. The van der Waals surface area contributed by atoms with E-state index in [1.165, 1.54) is 4.90 Å². The average Bonchev–Trinajstić information content (AvgIpc) is 2.86. The first-order valence-corrected chi connectivity index (χ1v) is 4.96. The number of amides is 1. The fourth-order valence-electron chi connectivity index (χ4n) is 1.65. The topological polar surface area (TPSA) is 111 Å². The van der Waals surface area contributed by atoms with Crippen LogP contribution in [0.4, 0.5) is 0 Å². The number of carbonyl (C=O) groups is 2. The molecule has 0 bridgehead atoms. The lowest BCUT2D eigenvalue weighted by molar-refractivity contribution is 0.0572. The van der Waals surface area contributed by atoms with Crippen molar-refractivity contribution in [2.75, 3.05) is 13.1 Å². The molecule has 92 valence electrons. The van der Waals surface area contributed by atoms with Crippen LogP contribution in [-0.2, 0) is 0 Å². The predicted molar refractivity (Wildman–Crippen MR) is 53.6 cm³/mol. The molecule has 1 amide bonds. The van der Waals surface area contributed by atoms with Crippen molar-refractivity contribution in [1.82, 2.24) is 4.90 Å². The van der Waals surface area contributed by atoms with Crippen molar-refractivity contribution in [2.24, 2.45) is 0 Å². The van der Waals surface area contributed by atoms with Gasteiger partial charge in [0.2, 0.25) is 0 Å². The number of hydrogen-bond acceptors (Lipinski definition) is 5. The summed E-state index contributed by atoms with van der Waals surface area (Å²) in [5.74, 6) is -1.86. The van der Waals surface area contributed by atoms with Gasteiger partial charge in [-0.1, -0.05) is 0 Å². The summed E-state index contributed by atoms with van der Waals surface area (Å²) in [4.78, 5) is 23.6. The summed E-state index contributed by atoms with van der Waals surface area (Å²) in [5, 5.41) is 27.2. The number of likely N-dealkylation sites (tertiary alicyclic amines) is 1. The first-order chi connectivity index (χ1) is 7.99. The van der Waals surface area contributed by atoms with Crippen LogP contribution in [0.1, 0.15) is 20.9 Å². The molecule has 7 nitrogen and oxygen atoms in total. The van der Waals surface area contributed by atoms with E-state index >= 15 is 0 Å². The second kappa shape index (κ2) is 4.19. The van der Waals surface area contributed by atoms with Crippen molar-refractivity contribution >= 4 is 11.9 Å². The zero-order valence-electron chi connectivity index (χ0n) is 8.74. The molecule has 1 saturated heterocycles. The highest BCUT2D eigenvalue weighted by Crippen LogP contribution is 2.16. The van der Waals surface area contributed by atoms with Gasteiger partial charge >= 0.3 is 5.97 Å². The maximum Gasteiger partial charge on any atom is 0.338 e. The van der Waals surface area contributed by atoms with E-state index in [0.29, 0.717) is 0 Å². The summed E-state index contributed by atoms with van der Waals surface area (Å²) in [6.45, 7) is 0.00616. The Morgan fingerprint density at radius 2 is 1.88 bits per heavy atom. The third-order valence-electron chi connectivity index (χ3n) is 2.60. The maximum absolute atomic E-state index is 11.8. The fraction of sp³-hybridized carbons (Fsp3) is 0.400. The molecule has 17 heavy (non-hydrogen) atoms. The molecule has 1 aliphatic rings. The third kappa shape index (κ3) is 2.15. The average molecular weight is 241 g/mol. The number of nitrogens with zero attached hydrogens (tertiary/aromatic N) is 1. The van der Waals surface area contributed by atoms with Crippen molar-refractivity contribution in [1.29, 1.82) is 0 Å². The molecule has 1 aromatic heterocycles. The van der Waals surface area contributed by atoms with Gasteiger partial charge in [0.25, 0.3) is 5.91 Å². The smallest absolute Gasteiger partial charge is 0.338 e. The molecule has 0 radical (unpaired) electrons. The molecule has 0 aliphatic carbocycles. The van der Waals surface area contributed by atoms with Crippen molar-refractivity contribution in [2.45, 2.75) is 12.2 Å². The highest BCUT2D eigenvalue weighted by molar-refractivity contribution is 5.95. The Morgan fingerprint density at radius 1 is 1.29 bits per heavy atom. The number of hydrogen-bond donors (Lipinski definition) is 3. The molecule has 2 atom stereocenters. The minimum Gasteiger partial charge on any atom is -0.478 e. The lowest BCUT2D eigenvalue weighted by atomic mass is 10.3. The Hall–Kier alpha value is -1.86. The highest BCUT2D eigenvalue weighted by Gasteiger charge is 2.34. The summed E-state index contributed by atoms with van der Waals surface area (Å²) >= 11 is 0. The van der Waals surface area contributed by atoms with Crippen molar-refractivity contribution in [3.05, 3.63) is 23.7 Å². The molecule has 1 aromatic rings. The van der Waals surface area contributed by atoms with Gasteiger partial charge in [-0.3, -0.25) is 4.79 Å². The Bertz CT molecular complexity index is 443. The Morgan fingerprint density at radius 3 is 2.35 bits per heavy atom. The first kappa shape index (κ1) is 11.6. The van der Waals surface area contributed by atoms with Gasteiger partial charge in [-0.25, -0.2) is 4.79 Å². The van der Waals surface area contributed by atoms with Crippen molar-refractivity contribution in [3.8, 4) is 0 Å². The van der Waals surface area contributed by atoms with Gasteiger partial charge in [-0.15, -0.1) is 0 Å². The van der Waals surface area contributed by atoms with Crippen LogP contribution in [0.25, 0.3) is 0 Å². The Kier molecular flexibility index (Phi) is 2.86. The van der Waals surface area contributed by atoms with Gasteiger partial charge in [-0.2, -0.15) is 0 Å². The molecule has 2 unspecified atom stereocenters. The molecule has 0 spiro atoms. The summed E-state index contributed by atoms with van der Waals surface area (Å²) in [6.07, 6.45) is -0.987. The van der Waals surface area contributed by atoms with Gasteiger partial charge < -0.3 is 24.6 Å². The Balaban J connectivity index is 2.12. The van der Waals surface area contributed by atoms with E-state index in [2.05, 4.69) is 0 Å². The number of aliphatic hydroxyl groups excluding tert-OH is 2. The molecule has 0 aromatic carbocycles. The van der Waals surface area contributed by atoms with E-state index in [9.17, 15) is 19.8 Å². The minimum absolute atomic E-state index is 0.00308. The Labute approximate surface area is 95.9 Å². The molecule has 0 saturated carbocycles. The van der Waals surface area contributed by atoms with Crippen LogP contribution < -0.4 is 0 Å². The highest BCUT2D eigenvalue weighted by atomic mass is 16.4. The van der Waals surface area contributed by atoms with E-state index in [1.54, 1.807) is 0 Å². The fourth-order valence-corrected chi connectivity index (χ4v) is 1.65. The summed E-state index contributed by atoms with van der Waals surface area (Å²) in [6, 6.07) is 1.11. The van der Waals surface area contributed by atoms with Crippen LogP contribution in [-0.4, -0.2) is 57.4 Å². The second-order valence-corrected chi connectivity index (χ2v) is 3.85. The zero-order valence-corrected chi connectivity index (χ0v) is 8.74. The molecule has 3 N–H and O–H groups in total. The number of aliphatic hydroxyl groups is 2. The normalized spacial score (nSPS) is 24.0. The molecule has 2 rings (SSSR count). The molecular formula is C10H11NO6. The summed E-state index contributed by atoms with van der Waals surface area (Å²) < 4.78 is 4.84. The van der Waals surface area contributed by atoms with Gasteiger partial charge in [0, 0.05) is 19.2 Å². The number of carbonyl (C=O) groups excluding carboxylic acids is 1. The lowest BCUT2D eigenvalue weighted by Crippen LogP contribution is -2.29. The van der Waals surface area contributed by atoms with Crippen molar-refractivity contribution < 1.29 is 29.3 Å². The van der Waals surface area contributed by atoms with E-state index < -0.39 is 24.1 Å². The van der Waals surface area contributed by atoms with Crippen LogP contribution in [0.15, 0.2) is 16.7 Å². The van der Waals surface area contributed by atoms with E-state index in [4.69, 9.17) is 9.52 Å². The standard InChI is InChI=1S/C10H11NO6/c12-6-2-11(3-7(6)13)9(14)8-1-5(4-17-8)10(15)16/h1,4,6-7,12-13H,2-3H2,(H,15,16). The lowest BCUT2D eigenvalue weighted by Gasteiger charge is -2.12. The van der Waals surface area contributed by atoms with Gasteiger partial charge in [0.15, 0.2) is 5.76 Å². The molecule has 7 heteroatoms. The van der Waals surface area contributed by atoms with Crippen LogP contribution in [0.2, 0.25) is 0 Å². The number of rotatable bonds is 2. The van der Waals surface area contributed by atoms with E-state index in [1.807, 2.05) is 0 Å². The summed E-state index contributed by atoms with van der Waals surface area (Å²) in [5.41, 5.74) is -0.117. The molecule has 1 aliphatic heterocycles. The number of carboxylic acids is 1. The van der Waals surface area contributed by atoms with Gasteiger partial charge in [0.05, 0.1) is 17.8 Å². The van der Waals surface area contributed by atoms with Crippen LogP contribution >= 0.6 is 0 Å². The maximum atomic E-state index is 11.8. The molecule has 1 fully saturated rings. The monoisotopic (exact) mass is 241 g/mol. The number of furan rings is 1. The zero-order chi connectivity index (χ0) is 12.6. The van der Waals surface area contributed by atoms with Crippen molar-refractivity contribution in [3.63, 3.8) is 0 Å². The minimum atomic E-state index is -1.19. The quantitative estimate of drug-likeness (QED) is 0.622. The van der Waals surface area contributed by atoms with Crippen LogP contribution in [0.3, 0.4) is 0 Å². The number of carboxylic acid groups (broad SMARTS) is 1. The van der Waals surface area contributed by atoms with E-state index in [-0.39, 0.29) is 24.4 Å². The molecular weight excluding hydrogens is 230 g/mol.